The predicted octanol–water partition coefficient (Wildman–Crippen LogP) is -3.02. The molecule has 0 spiro atoms. The summed E-state index contributed by atoms with van der Waals surface area (Å²) in [4.78, 5) is 13.9. The zero-order valence-corrected chi connectivity index (χ0v) is 8.93. The average molecular weight is 197 g/mol. The standard InChI is InChI=1S/C7H13NO3S.Li/c1-5(9)8-6(7(10)11)3-4-12-2;/h6H,3-4H2,1-2H3,(H,8,9)(H,10,11);/q;+1/p-1/t6-;/m0./s1. The van der Waals surface area contributed by atoms with Gasteiger partial charge in [-0.05, 0) is 31.3 Å². The first kappa shape index (κ1) is 15.4. The minimum atomic E-state index is -1.03. The van der Waals surface area contributed by atoms with Crippen LogP contribution in [-0.4, -0.2) is 35.0 Å². The molecule has 1 N–H and O–H groups in total. The summed E-state index contributed by atoms with van der Waals surface area (Å²) in [7, 11) is 0. The molecule has 0 aromatic rings. The molecule has 0 fully saturated rings. The van der Waals surface area contributed by atoms with Gasteiger partial charge in [0.1, 0.15) is 6.04 Å². The van der Waals surface area contributed by atoms with Gasteiger partial charge in [-0.25, -0.2) is 4.79 Å². The largest absolute Gasteiger partial charge is 1.00 e. The van der Waals surface area contributed by atoms with Crippen LogP contribution in [-0.2, 0) is 4.79 Å². The fraction of sp³-hybridized carbons (Fsp3) is 0.714. The molecule has 13 heavy (non-hydrogen) atoms. The summed E-state index contributed by atoms with van der Waals surface area (Å²) < 4.78 is 0. The van der Waals surface area contributed by atoms with Gasteiger partial charge in [0.2, 0.25) is 0 Å². The zero-order valence-electron chi connectivity index (χ0n) is 8.11. The number of nitrogens with zero attached hydrogens (tertiary/aromatic N) is 1. The Hall–Kier alpha value is -0.113. The maximum atomic E-state index is 10.5. The van der Waals surface area contributed by atoms with E-state index in [9.17, 15) is 9.90 Å². The molecule has 0 aromatic carbocycles. The maximum absolute atomic E-state index is 10.5. The van der Waals surface area contributed by atoms with E-state index < -0.39 is 17.9 Å². The molecular formula is C7H12LiNO3S. The van der Waals surface area contributed by atoms with E-state index in [2.05, 4.69) is 4.99 Å². The second-order valence-electron chi connectivity index (χ2n) is 2.28. The predicted molar refractivity (Wildman–Crippen MR) is 47.5 cm³/mol. The Morgan fingerprint density at radius 1 is 1.69 bits per heavy atom. The first-order chi connectivity index (χ1) is 5.57. The fourth-order valence-electron chi connectivity index (χ4n) is 0.692. The van der Waals surface area contributed by atoms with Gasteiger partial charge in [-0.15, -0.1) is 0 Å². The molecular weight excluding hydrogens is 185 g/mol. The number of aliphatic imine (C=N–C) groups is 1. The molecule has 0 bridgehead atoms. The summed E-state index contributed by atoms with van der Waals surface area (Å²) in [6.45, 7) is 1.26. The number of carboxylic acids is 1. The van der Waals surface area contributed by atoms with E-state index >= 15 is 0 Å². The van der Waals surface area contributed by atoms with E-state index in [0.29, 0.717) is 12.2 Å². The van der Waals surface area contributed by atoms with Gasteiger partial charge < -0.3 is 10.2 Å². The van der Waals surface area contributed by atoms with Gasteiger partial charge in [-0.2, -0.15) is 11.8 Å². The van der Waals surface area contributed by atoms with E-state index in [0.717, 1.165) is 0 Å². The number of carbonyl (C=O) groups is 1. The normalized spacial score (nSPS) is 13.2. The van der Waals surface area contributed by atoms with Crippen molar-refractivity contribution < 1.29 is 33.9 Å². The molecule has 0 aromatic heterocycles. The van der Waals surface area contributed by atoms with Gasteiger partial charge in [0.15, 0.2) is 0 Å². The summed E-state index contributed by atoms with van der Waals surface area (Å²) in [6, 6.07) is -0.866. The minimum Gasteiger partial charge on any atom is -0.862 e. The Bertz CT molecular complexity index is 183. The van der Waals surface area contributed by atoms with Crippen LogP contribution in [0.4, 0.5) is 0 Å². The summed E-state index contributed by atoms with van der Waals surface area (Å²) in [5.74, 6) is -0.754. The molecule has 0 heterocycles. The molecule has 0 radical (unpaired) electrons. The Balaban J connectivity index is 0. The first-order valence-electron chi connectivity index (χ1n) is 3.51. The topological polar surface area (TPSA) is 72.7 Å². The van der Waals surface area contributed by atoms with E-state index in [4.69, 9.17) is 5.11 Å². The fourth-order valence-corrected chi connectivity index (χ4v) is 1.15. The molecule has 0 saturated carbocycles. The SMILES string of the molecule is CSCC[C@H](N=C(C)[O-])C(=O)O.[Li+]. The number of thioether (sulfide) groups is 1. The van der Waals surface area contributed by atoms with Crippen molar-refractivity contribution in [2.75, 3.05) is 12.0 Å². The second-order valence-corrected chi connectivity index (χ2v) is 3.27. The van der Waals surface area contributed by atoms with Gasteiger partial charge in [0, 0.05) is 0 Å². The van der Waals surface area contributed by atoms with Crippen LogP contribution in [0.15, 0.2) is 4.99 Å². The Morgan fingerprint density at radius 2 is 2.23 bits per heavy atom. The van der Waals surface area contributed by atoms with Crippen LogP contribution in [0.5, 0.6) is 0 Å². The number of hydrogen-bond donors (Lipinski definition) is 1. The zero-order chi connectivity index (χ0) is 9.56. The van der Waals surface area contributed by atoms with Crippen molar-refractivity contribution in [2.24, 2.45) is 4.99 Å². The third kappa shape index (κ3) is 8.22. The summed E-state index contributed by atoms with van der Waals surface area (Å²) in [5, 5.41) is 19.1. The van der Waals surface area contributed by atoms with Crippen LogP contribution in [0.25, 0.3) is 0 Å². The maximum Gasteiger partial charge on any atom is 1.00 e. The third-order valence-corrected chi connectivity index (χ3v) is 1.86. The van der Waals surface area contributed by atoms with Crippen molar-refractivity contribution in [3.8, 4) is 0 Å². The summed E-state index contributed by atoms with van der Waals surface area (Å²) in [5.41, 5.74) is 0. The van der Waals surface area contributed by atoms with Crippen LogP contribution in [0.2, 0.25) is 0 Å². The van der Waals surface area contributed by atoms with E-state index in [1.165, 1.54) is 18.7 Å². The van der Waals surface area contributed by atoms with Crippen molar-refractivity contribution in [3.63, 3.8) is 0 Å². The molecule has 0 saturated heterocycles. The van der Waals surface area contributed by atoms with Crippen molar-refractivity contribution in [1.29, 1.82) is 0 Å². The number of hydrogen-bond acceptors (Lipinski definition) is 4. The van der Waals surface area contributed by atoms with Crippen LogP contribution < -0.4 is 24.0 Å². The quantitative estimate of drug-likeness (QED) is 0.289. The molecule has 4 nitrogen and oxygen atoms in total. The molecule has 70 valence electrons. The first-order valence-corrected chi connectivity index (χ1v) is 4.90. The Morgan fingerprint density at radius 3 is 2.54 bits per heavy atom. The summed E-state index contributed by atoms with van der Waals surface area (Å²) >= 11 is 1.54. The molecule has 0 rings (SSSR count). The second kappa shape index (κ2) is 8.48. The minimum absolute atomic E-state index is 0. The van der Waals surface area contributed by atoms with Crippen LogP contribution in [0, 0.1) is 0 Å². The van der Waals surface area contributed by atoms with Gasteiger partial charge in [0.05, 0.1) is 0 Å². The Kier molecular flexibility index (Phi) is 10.0. The number of rotatable bonds is 5. The number of carboxylic acid groups (broad SMARTS) is 1. The van der Waals surface area contributed by atoms with Crippen molar-refractivity contribution in [2.45, 2.75) is 19.4 Å². The monoisotopic (exact) mass is 197 g/mol. The molecule has 0 aliphatic heterocycles. The van der Waals surface area contributed by atoms with Gasteiger partial charge >= 0.3 is 24.8 Å². The molecule has 0 aliphatic carbocycles. The van der Waals surface area contributed by atoms with Crippen LogP contribution in [0.3, 0.4) is 0 Å². The van der Waals surface area contributed by atoms with Gasteiger partial charge in [0.25, 0.3) is 0 Å². The van der Waals surface area contributed by atoms with Crippen LogP contribution in [0.1, 0.15) is 13.3 Å². The molecule has 0 aliphatic rings. The summed E-state index contributed by atoms with van der Waals surface area (Å²) in [6.07, 6.45) is 2.29. The van der Waals surface area contributed by atoms with Crippen molar-refractivity contribution >= 4 is 23.6 Å². The van der Waals surface area contributed by atoms with E-state index in [1.54, 1.807) is 0 Å². The van der Waals surface area contributed by atoms with Crippen molar-refractivity contribution in [3.05, 3.63) is 0 Å². The smallest absolute Gasteiger partial charge is 0.862 e. The molecule has 1 atom stereocenters. The van der Waals surface area contributed by atoms with Gasteiger partial charge in [-0.3, -0.25) is 4.99 Å². The molecule has 0 amide bonds. The average Bonchev–Trinajstić information content (AvgIpc) is 1.96. The van der Waals surface area contributed by atoms with E-state index in [1.807, 2.05) is 6.26 Å². The van der Waals surface area contributed by atoms with Crippen LogP contribution >= 0.6 is 11.8 Å². The van der Waals surface area contributed by atoms with Crippen molar-refractivity contribution in [1.82, 2.24) is 0 Å². The van der Waals surface area contributed by atoms with Gasteiger partial charge in [-0.1, -0.05) is 0 Å². The van der Waals surface area contributed by atoms with E-state index in [-0.39, 0.29) is 18.9 Å². The third-order valence-electron chi connectivity index (χ3n) is 1.22. The molecule has 6 heteroatoms. The molecule has 0 unspecified atom stereocenters. The Labute approximate surface area is 94.0 Å². The number of aliphatic carboxylic acids is 1.